The zero-order chi connectivity index (χ0) is 23.8. The first-order valence-corrected chi connectivity index (χ1v) is 12.1. The standard InChI is InChI=1S/C24H28N10O/c1-33(24-25-12-11-19(28-24)27-20-14-18(30-31-20)15-5-6-15)17-9-7-16(8-10-17)26-23(35)22-29-21-4-2-3-13-34(21)32-22/h2-4,11-17H,5-10H2,1H3,(H,26,35)(H2,25,27,28,30,31). The number of amides is 1. The third-order valence-electron chi connectivity index (χ3n) is 6.85. The molecular weight excluding hydrogens is 444 g/mol. The molecule has 11 heteroatoms. The highest BCUT2D eigenvalue weighted by atomic mass is 16.2. The lowest BCUT2D eigenvalue weighted by Crippen LogP contribution is -2.43. The highest BCUT2D eigenvalue weighted by Gasteiger charge is 2.28. The van der Waals surface area contributed by atoms with Crippen molar-refractivity contribution in [3.63, 3.8) is 0 Å². The maximum atomic E-state index is 12.7. The van der Waals surface area contributed by atoms with Crippen molar-refractivity contribution >= 4 is 29.1 Å². The molecule has 0 bridgehead atoms. The normalized spacial score (nSPS) is 20.0. The number of rotatable bonds is 7. The Morgan fingerprint density at radius 3 is 2.74 bits per heavy atom. The molecule has 0 aliphatic heterocycles. The van der Waals surface area contributed by atoms with Gasteiger partial charge < -0.3 is 15.5 Å². The second-order valence-corrected chi connectivity index (χ2v) is 9.38. The largest absolute Gasteiger partial charge is 0.347 e. The number of pyridine rings is 1. The first kappa shape index (κ1) is 21.5. The van der Waals surface area contributed by atoms with Crippen molar-refractivity contribution in [2.75, 3.05) is 17.3 Å². The monoisotopic (exact) mass is 472 g/mol. The van der Waals surface area contributed by atoms with E-state index in [0.717, 1.165) is 37.3 Å². The molecule has 0 radical (unpaired) electrons. The summed E-state index contributed by atoms with van der Waals surface area (Å²) in [5.41, 5.74) is 1.84. The molecule has 4 aromatic rings. The summed E-state index contributed by atoms with van der Waals surface area (Å²) in [7, 11) is 2.03. The number of fused-ring (bicyclic) bond motifs is 1. The molecule has 35 heavy (non-hydrogen) atoms. The Morgan fingerprint density at radius 1 is 1.09 bits per heavy atom. The topological polar surface area (TPSA) is 129 Å². The van der Waals surface area contributed by atoms with E-state index in [1.807, 2.05) is 31.3 Å². The number of H-pyrrole nitrogens is 1. The Hall–Kier alpha value is -4.02. The van der Waals surface area contributed by atoms with Crippen LogP contribution in [0.2, 0.25) is 0 Å². The van der Waals surface area contributed by atoms with E-state index in [2.05, 4.69) is 46.9 Å². The highest BCUT2D eigenvalue weighted by molar-refractivity contribution is 5.91. The van der Waals surface area contributed by atoms with Crippen LogP contribution in [0.25, 0.3) is 5.65 Å². The van der Waals surface area contributed by atoms with E-state index in [-0.39, 0.29) is 17.8 Å². The summed E-state index contributed by atoms with van der Waals surface area (Å²) < 4.78 is 1.61. The molecule has 0 saturated heterocycles. The molecule has 1 amide bonds. The second-order valence-electron chi connectivity index (χ2n) is 9.38. The molecular formula is C24H28N10O. The van der Waals surface area contributed by atoms with Crippen LogP contribution in [0.1, 0.15) is 60.8 Å². The lowest BCUT2D eigenvalue weighted by Gasteiger charge is -2.34. The van der Waals surface area contributed by atoms with Gasteiger partial charge in [-0.1, -0.05) is 6.07 Å². The van der Waals surface area contributed by atoms with Gasteiger partial charge in [0.2, 0.25) is 11.8 Å². The molecule has 180 valence electrons. The fraction of sp³-hybridized carbons (Fsp3) is 0.417. The van der Waals surface area contributed by atoms with E-state index in [0.29, 0.717) is 23.6 Å². The van der Waals surface area contributed by atoms with Crippen molar-refractivity contribution in [1.29, 1.82) is 0 Å². The highest BCUT2D eigenvalue weighted by Crippen LogP contribution is 2.39. The Balaban J connectivity index is 1.04. The van der Waals surface area contributed by atoms with Gasteiger partial charge in [0.05, 0.1) is 0 Å². The molecule has 0 atom stereocenters. The Morgan fingerprint density at radius 2 is 1.94 bits per heavy atom. The number of anilines is 3. The van der Waals surface area contributed by atoms with Gasteiger partial charge in [-0.05, 0) is 56.7 Å². The van der Waals surface area contributed by atoms with Crippen LogP contribution >= 0.6 is 0 Å². The first-order chi connectivity index (χ1) is 17.1. The summed E-state index contributed by atoms with van der Waals surface area (Å²) in [4.78, 5) is 28.3. The molecule has 0 aromatic carbocycles. The van der Waals surface area contributed by atoms with Crippen molar-refractivity contribution in [3.05, 3.63) is 54.2 Å². The average Bonchev–Trinajstić information content (AvgIpc) is 3.47. The van der Waals surface area contributed by atoms with Gasteiger partial charge in [-0.25, -0.2) is 14.5 Å². The van der Waals surface area contributed by atoms with Gasteiger partial charge in [-0.15, -0.1) is 5.10 Å². The van der Waals surface area contributed by atoms with E-state index in [4.69, 9.17) is 4.98 Å². The molecule has 2 aliphatic rings. The number of carbonyl (C=O) groups excluding carboxylic acids is 1. The summed E-state index contributed by atoms with van der Waals surface area (Å²) in [6.07, 6.45) is 9.64. The molecule has 0 spiro atoms. The maximum absolute atomic E-state index is 12.7. The van der Waals surface area contributed by atoms with E-state index >= 15 is 0 Å². The molecule has 4 aromatic heterocycles. The Bertz CT molecular complexity index is 1300. The van der Waals surface area contributed by atoms with Crippen molar-refractivity contribution in [3.8, 4) is 0 Å². The SMILES string of the molecule is CN(c1nccc(Nc2cc(C3CC3)[nH]n2)n1)C1CCC(NC(=O)c2nc3ccccn3n2)CC1. The van der Waals surface area contributed by atoms with Crippen molar-refractivity contribution in [2.45, 2.75) is 56.5 Å². The number of nitrogens with one attached hydrogen (secondary N) is 3. The summed E-state index contributed by atoms with van der Waals surface area (Å²) in [6, 6.07) is 9.88. The van der Waals surface area contributed by atoms with Gasteiger partial charge in [-0.2, -0.15) is 10.1 Å². The van der Waals surface area contributed by atoms with Crippen molar-refractivity contribution in [2.24, 2.45) is 0 Å². The van der Waals surface area contributed by atoms with Gasteiger partial charge in [0.15, 0.2) is 11.5 Å². The molecule has 0 unspecified atom stereocenters. The quantitative estimate of drug-likeness (QED) is 0.374. The number of carbonyl (C=O) groups is 1. The third kappa shape index (κ3) is 4.66. The average molecular weight is 473 g/mol. The van der Waals surface area contributed by atoms with Crippen LogP contribution < -0.4 is 15.5 Å². The summed E-state index contributed by atoms with van der Waals surface area (Å²) in [6.45, 7) is 0. The molecule has 3 N–H and O–H groups in total. The van der Waals surface area contributed by atoms with E-state index in [9.17, 15) is 4.79 Å². The molecule has 4 heterocycles. The van der Waals surface area contributed by atoms with Crippen LogP contribution in [0.5, 0.6) is 0 Å². The number of aromatic nitrogens is 7. The maximum Gasteiger partial charge on any atom is 0.291 e. The lowest BCUT2D eigenvalue weighted by atomic mass is 9.90. The molecule has 11 nitrogen and oxygen atoms in total. The van der Waals surface area contributed by atoms with Gasteiger partial charge in [-0.3, -0.25) is 9.89 Å². The summed E-state index contributed by atoms with van der Waals surface area (Å²) in [5.74, 6) is 2.77. The van der Waals surface area contributed by atoms with Crippen molar-refractivity contribution in [1.82, 2.24) is 40.1 Å². The predicted molar refractivity (Wildman–Crippen MR) is 131 cm³/mol. The molecule has 2 saturated carbocycles. The van der Waals surface area contributed by atoms with Crippen molar-refractivity contribution < 1.29 is 4.79 Å². The number of hydrogen-bond donors (Lipinski definition) is 3. The zero-order valence-corrected chi connectivity index (χ0v) is 19.6. The second kappa shape index (κ2) is 8.97. The smallest absolute Gasteiger partial charge is 0.291 e. The number of aromatic amines is 1. The lowest BCUT2D eigenvalue weighted by molar-refractivity contribution is 0.0915. The third-order valence-corrected chi connectivity index (χ3v) is 6.85. The fourth-order valence-electron chi connectivity index (χ4n) is 4.67. The summed E-state index contributed by atoms with van der Waals surface area (Å²) in [5, 5.41) is 18.1. The van der Waals surface area contributed by atoms with Gasteiger partial charge >= 0.3 is 0 Å². The predicted octanol–water partition coefficient (Wildman–Crippen LogP) is 3.04. The molecule has 6 rings (SSSR count). The van der Waals surface area contributed by atoms with E-state index in [1.165, 1.54) is 18.5 Å². The van der Waals surface area contributed by atoms with Crippen LogP contribution in [-0.4, -0.2) is 59.8 Å². The van der Waals surface area contributed by atoms with Gasteiger partial charge in [0, 0.05) is 49.2 Å². The van der Waals surface area contributed by atoms with Crippen LogP contribution in [-0.2, 0) is 0 Å². The van der Waals surface area contributed by atoms with E-state index in [1.54, 1.807) is 16.9 Å². The zero-order valence-electron chi connectivity index (χ0n) is 19.6. The Kier molecular flexibility index (Phi) is 5.51. The number of nitrogens with zero attached hydrogens (tertiary/aromatic N) is 7. The summed E-state index contributed by atoms with van der Waals surface area (Å²) >= 11 is 0. The van der Waals surface area contributed by atoms with Crippen LogP contribution in [0.15, 0.2) is 42.7 Å². The van der Waals surface area contributed by atoms with Crippen LogP contribution in [0, 0.1) is 0 Å². The Labute approximate surface area is 202 Å². The minimum Gasteiger partial charge on any atom is -0.347 e. The minimum absolute atomic E-state index is 0.105. The van der Waals surface area contributed by atoms with Crippen LogP contribution in [0.3, 0.4) is 0 Å². The number of hydrogen-bond acceptors (Lipinski definition) is 8. The fourth-order valence-corrected chi connectivity index (χ4v) is 4.67. The van der Waals surface area contributed by atoms with Gasteiger partial charge in [0.25, 0.3) is 5.91 Å². The minimum atomic E-state index is -0.226. The molecule has 2 fully saturated rings. The van der Waals surface area contributed by atoms with Gasteiger partial charge in [0.1, 0.15) is 5.82 Å². The van der Waals surface area contributed by atoms with E-state index < -0.39 is 0 Å². The van der Waals surface area contributed by atoms with Crippen LogP contribution in [0.4, 0.5) is 17.6 Å². The first-order valence-electron chi connectivity index (χ1n) is 12.1. The molecule has 2 aliphatic carbocycles.